The fourth-order valence-electron chi connectivity index (χ4n) is 3.25. The number of nitrogens with one attached hydrogen (secondary N) is 1. The van der Waals surface area contributed by atoms with Gasteiger partial charge in [0.2, 0.25) is 0 Å². The predicted molar refractivity (Wildman–Crippen MR) is 95.5 cm³/mol. The SMILES string of the molecule is CCCc1cc(F)c(C(C)(C)O)c(-c2ccc3[nH]c(C)nc3c2)c1. The van der Waals surface area contributed by atoms with E-state index in [9.17, 15) is 9.50 Å². The average molecular weight is 326 g/mol. The molecule has 0 saturated heterocycles. The molecular weight excluding hydrogens is 303 g/mol. The van der Waals surface area contributed by atoms with E-state index in [4.69, 9.17) is 0 Å². The van der Waals surface area contributed by atoms with Gasteiger partial charge in [-0.15, -0.1) is 0 Å². The maximum absolute atomic E-state index is 14.8. The Kier molecular flexibility index (Phi) is 4.18. The molecule has 0 fully saturated rings. The molecule has 126 valence electrons. The fraction of sp³-hybridized carbons (Fsp3) is 0.350. The monoisotopic (exact) mass is 326 g/mol. The van der Waals surface area contributed by atoms with E-state index in [1.165, 1.54) is 6.07 Å². The second-order valence-corrected chi connectivity index (χ2v) is 6.86. The zero-order chi connectivity index (χ0) is 17.5. The topological polar surface area (TPSA) is 48.9 Å². The number of halogens is 1. The van der Waals surface area contributed by atoms with E-state index >= 15 is 0 Å². The first-order valence-corrected chi connectivity index (χ1v) is 8.31. The van der Waals surface area contributed by atoms with E-state index in [1.54, 1.807) is 13.8 Å². The van der Waals surface area contributed by atoms with Gasteiger partial charge in [-0.05, 0) is 62.1 Å². The number of aromatic amines is 1. The molecule has 3 aromatic rings. The van der Waals surface area contributed by atoms with Crippen LogP contribution >= 0.6 is 0 Å². The van der Waals surface area contributed by atoms with Gasteiger partial charge in [-0.25, -0.2) is 9.37 Å². The molecule has 1 aromatic heterocycles. The Hall–Kier alpha value is -2.20. The minimum absolute atomic E-state index is 0.328. The molecule has 0 unspecified atom stereocenters. The van der Waals surface area contributed by atoms with Crippen molar-refractivity contribution >= 4 is 11.0 Å². The number of imidazole rings is 1. The number of H-pyrrole nitrogens is 1. The van der Waals surface area contributed by atoms with Crippen LogP contribution in [-0.2, 0) is 12.0 Å². The van der Waals surface area contributed by atoms with Crippen LogP contribution in [0.3, 0.4) is 0 Å². The summed E-state index contributed by atoms with van der Waals surface area (Å²) in [6.07, 6.45) is 1.75. The summed E-state index contributed by atoms with van der Waals surface area (Å²) >= 11 is 0. The van der Waals surface area contributed by atoms with Gasteiger partial charge in [-0.1, -0.05) is 25.5 Å². The van der Waals surface area contributed by atoms with E-state index in [-0.39, 0.29) is 5.82 Å². The van der Waals surface area contributed by atoms with Crippen LogP contribution in [-0.4, -0.2) is 15.1 Å². The lowest BCUT2D eigenvalue weighted by Crippen LogP contribution is -2.19. The summed E-state index contributed by atoms with van der Waals surface area (Å²) in [7, 11) is 0. The number of aliphatic hydroxyl groups is 1. The second-order valence-electron chi connectivity index (χ2n) is 6.86. The third-order valence-corrected chi connectivity index (χ3v) is 4.21. The minimum Gasteiger partial charge on any atom is -0.386 e. The van der Waals surface area contributed by atoms with Crippen LogP contribution in [0.4, 0.5) is 4.39 Å². The summed E-state index contributed by atoms with van der Waals surface area (Å²) in [6, 6.07) is 9.36. The molecule has 24 heavy (non-hydrogen) atoms. The highest BCUT2D eigenvalue weighted by Gasteiger charge is 2.26. The lowest BCUT2D eigenvalue weighted by Gasteiger charge is -2.23. The summed E-state index contributed by atoms with van der Waals surface area (Å²) in [5, 5.41) is 10.5. The van der Waals surface area contributed by atoms with E-state index in [1.807, 2.05) is 31.2 Å². The molecule has 0 amide bonds. The standard InChI is InChI=1S/C20H23FN2O/c1-5-6-13-9-15(19(16(21)10-13)20(3,4)24)14-7-8-17-18(11-14)23-12(2)22-17/h7-11,24H,5-6H2,1-4H3,(H,22,23). The lowest BCUT2D eigenvalue weighted by atomic mass is 9.87. The minimum atomic E-state index is -1.26. The zero-order valence-electron chi connectivity index (χ0n) is 14.6. The lowest BCUT2D eigenvalue weighted by molar-refractivity contribution is 0.0752. The van der Waals surface area contributed by atoms with Crippen LogP contribution in [0.5, 0.6) is 0 Å². The Labute approximate surface area is 141 Å². The van der Waals surface area contributed by atoms with E-state index in [0.29, 0.717) is 5.56 Å². The second kappa shape index (κ2) is 6.02. The Morgan fingerprint density at radius 1 is 1.21 bits per heavy atom. The molecule has 0 bridgehead atoms. The summed E-state index contributed by atoms with van der Waals surface area (Å²) in [5.41, 5.74) is 3.39. The van der Waals surface area contributed by atoms with Crippen molar-refractivity contribution in [3.8, 4) is 11.1 Å². The van der Waals surface area contributed by atoms with E-state index in [0.717, 1.165) is 46.4 Å². The van der Waals surface area contributed by atoms with Crippen LogP contribution in [0.2, 0.25) is 0 Å². The number of hydrogen-bond donors (Lipinski definition) is 2. The number of rotatable bonds is 4. The fourth-order valence-corrected chi connectivity index (χ4v) is 3.25. The van der Waals surface area contributed by atoms with Crippen molar-refractivity contribution < 1.29 is 9.50 Å². The quantitative estimate of drug-likeness (QED) is 0.719. The molecule has 0 spiro atoms. The van der Waals surface area contributed by atoms with E-state index in [2.05, 4.69) is 16.9 Å². The third kappa shape index (κ3) is 3.06. The van der Waals surface area contributed by atoms with Crippen LogP contribution < -0.4 is 0 Å². The molecule has 1 heterocycles. The van der Waals surface area contributed by atoms with Gasteiger partial charge in [0, 0.05) is 5.56 Å². The zero-order valence-corrected chi connectivity index (χ0v) is 14.6. The maximum Gasteiger partial charge on any atom is 0.130 e. The highest BCUT2D eigenvalue weighted by molar-refractivity contribution is 5.83. The number of aryl methyl sites for hydroxylation is 2. The highest BCUT2D eigenvalue weighted by atomic mass is 19.1. The summed E-state index contributed by atoms with van der Waals surface area (Å²) < 4.78 is 14.8. The van der Waals surface area contributed by atoms with Gasteiger partial charge in [0.1, 0.15) is 11.6 Å². The Morgan fingerprint density at radius 2 is 1.96 bits per heavy atom. The van der Waals surface area contributed by atoms with Crippen molar-refractivity contribution in [2.24, 2.45) is 0 Å². The molecule has 4 heteroatoms. The van der Waals surface area contributed by atoms with Gasteiger partial charge in [-0.2, -0.15) is 0 Å². The van der Waals surface area contributed by atoms with Gasteiger partial charge >= 0.3 is 0 Å². The normalized spacial score (nSPS) is 12.1. The van der Waals surface area contributed by atoms with Gasteiger partial charge in [0.25, 0.3) is 0 Å². The molecule has 0 aliphatic heterocycles. The summed E-state index contributed by atoms with van der Waals surface area (Å²) in [4.78, 5) is 7.65. The Morgan fingerprint density at radius 3 is 2.62 bits per heavy atom. The van der Waals surface area contributed by atoms with Gasteiger partial charge in [-0.3, -0.25) is 0 Å². The van der Waals surface area contributed by atoms with Crippen LogP contribution in [0.15, 0.2) is 30.3 Å². The maximum atomic E-state index is 14.8. The Balaban J connectivity index is 2.25. The number of fused-ring (bicyclic) bond motifs is 1. The predicted octanol–water partition coefficient (Wildman–Crippen LogP) is 4.86. The van der Waals surface area contributed by atoms with Gasteiger partial charge in [0.15, 0.2) is 0 Å². The molecule has 0 atom stereocenters. The van der Waals surface area contributed by atoms with Crippen molar-refractivity contribution in [3.63, 3.8) is 0 Å². The Bertz CT molecular complexity index is 891. The number of benzene rings is 2. The van der Waals surface area contributed by atoms with Crippen molar-refractivity contribution in [1.82, 2.24) is 9.97 Å². The van der Waals surface area contributed by atoms with Crippen molar-refractivity contribution in [3.05, 3.63) is 53.1 Å². The molecular formula is C20H23FN2O. The third-order valence-electron chi connectivity index (χ3n) is 4.21. The molecule has 2 aromatic carbocycles. The van der Waals surface area contributed by atoms with Gasteiger partial charge < -0.3 is 10.1 Å². The van der Waals surface area contributed by atoms with Gasteiger partial charge in [0.05, 0.1) is 16.6 Å². The molecule has 0 aliphatic carbocycles. The molecule has 0 saturated carbocycles. The van der Waals surface area contributed by atoms with Crippen molar-refractivity contribution in [2.75, 3.05) is 0 Å². The molecule has 0 radical (unpaired) electrons. The summed E-state index contributed by atoms with van der Waals surface area (Å²) in [6.45, 7) is 7.21. The average Bonchev–Trinajstić information content (AvgIpc) is 2.84. The van der Waals surface area contributed by atoms with Crippen LogP contribution in [0.1, 0.15) is 44.1 Å². The summed E-state index contributed by atoms with van der Waals surface area (Å²) in [5.74, 6) is 0.484. The molecule has 3 nitrogen and oxygen atoms in total. The highest BCUT2D eigenvalue weighted by Crippen LogP contribution is 2.36. The molecule has 2 N–H and O–H groups in total. The number of hydrogen-bond acceptors (Lipinski definition) is 2. The first-order chi connectivity index (χ1) is 11.3. The molecule has 0 aliphatic rings. The first-order valence-electron chi connectivity index (χ1n) is 8.31. The van der Waals surface area contributed by atoms with E-state index < -0.39 is 5.60 Å². The smallest absolute Gasteiger partial charge is 0.130 e. The number of aromatic nitrogens is 2. The van der Waals surface area contributed by atoms with Crippen molar-refractivity contribution in [2.45, 2.75) is 46.1 Å². The molecule has 3 rings (SSSR count). The first kappa shape index (κ1) is 16.7. The number of nitrogens with zero attached hydrogens (tertiary/aromatic N) is 1. The van der Waals surface area contributed by atoms with Crippen molar-refractivity contribution in [1.29, 1.82) is 0 Å². The van der Waals surface area contributed by atoms with Crippen LogP contribution in [0, 0.1) is 12.7 Å². The van der Waals surface area contributed by atoms with Crippen LogP contribution in [0.25, 0.3) is 22.2 Å². The largest absolute Gasteiger partial charge is 0.386 e.